The van der Waals surface area contributed by atoms with Gasteiger partial charge >= 0.3 is 0 Å². The highest BCUT2D eigenvalue weighted by atomic mass is 32.2. The smallest absolute Gasteiger partial charge is 0.242 e. The third-order valence-corrected chi connectivity index (χ3v) is 6.67. The van der Waals surface area contributed by atoms with Crippen LogP contribution in [0.25, 0.3) is 0 Å². The van der Waals surface area contributed by atoms with Crippen molar-refractivity contribution in [1.82, 2.24) is 9.62 Å². The Morgan fingerprint density at radius 1 is 1.28 bits per heavy atom. The second-order valence-corrected chi connectivity index (χ2v) is 8.71. The van der Waals surface area contributed by atoms with Gasteiger partial charge in [-0.2, -0.15) is 0 Å². The SMILES string of the molecule is CC(NC(=O)CCCN(C)S(=O)(=O)c1ccc(F)cc1)c1cccs1. The van der Waals surface area contributed by atoms with Gasteiger partial charge in [0.25, 0.3) is 0 Å². The highest BCUT2D eigenvalue weighted by molar-refractivity contribution is 7.89. The molecule has 2 rings (SSSR count). The number of hydrogen-bond acceptors (Lipinski definition) is 4. The van der Waals surface area contributed by atoms with Crippen LogP contribution >= 0.6 is 11.3 Å². The molecule has 1 aromatic heterocycles. The Morgan fingerprint density at radius 2 is 1.96 bits per heavy atom. The average molecular weight is 384 g/mol. The molecule has 0 aliphatic rings. The molecule has 0 aliphatic heterocycles. The zero-order valence-electron chi connectivity index (χ0n) is 14.1. The van der Waals surface area contributed by atoms with Crippen LogP contribution in [-0.4, -0.2) is 32.2 Å². The van der Waals surface area contributed by atoms with Crippen molar-refractivity contribution < 1.29 is 17.6 Å². The largest absolute Gasteiger partial charge is 0.349 e. The predicted molar refractivity (Wildman–Crippen MR) is 96.3 cm³/mol. The van der Waals surface area contributed by atoms with Gasteiger partial charge in [0.05, 0.1) is 10.9 Å². The predicted octanol–water partition coefficient (Wildman–Crippen LogP) is 3.17. The number of sulfonamides is 1. The summed E-state index contributed by atoms with van der Waals surface area (Å²) in [6, 6.07) is 8.51. The maximum absolute atomic E-state index is 12.9. The number of benzene rings is 1. The van der Waals surface area contributed by atoms with Crippen molar-refractivity contribution in [2.24, 2.45) is 0 Å². The van der Waals surface area contributed by atoms with Crippen molar-refractivity contribution in [1.29, 1.82) is 0 Å². The van der Waals surface area contributed by atoms with Crippen LogP contribution in [0.2, 0.25) is 0 Å². The Hall–Kier alpha value is -1.77. The molecule has 1 amide bonds. The Balaban J connectivity index is 1.82. The number of carbonyl (C=O) groups excluding carboxylic acids is 1. The molecule has 0 bridgehead atoms. The highest BCUT2D eigenvalue weighted by Gasteiger charge is 2.20. The minimum atomic E-state index is -3.68. The number of rotatable bonds is 8. The van der Waals surface area contributed by atoms with Gasteiger partial charge in [0.15, 0.2) is 0 Å². The molecule has 1 N–H and O–H groups in total. The van der Waals surface area contributed by atoms with E-state index in [1.54, 1.807) is 11.3 Å². The Bertz CT molecular complexity index is 790. The van der Waals surface area contributed by atoms with E-state index >= 15 is 0 Å². The average Bonchev–Trinajstić information content (AvgIpc) is 3.09. The van der Waals surface area contributed by atoms with Crippen molar-refractivity contribution in [2.45, 2.75) is 30.7 Å². The van der Waals surface area contributed by atoms with Gasteiger partial charge in [0.1, 0.15) is 5.82 Å². The minimum Gasteiger partial charge on any atom is -0.349 e. The van der Waals surface area contributed by atoms with Gasteiger partial charge in [-0.15, -0.1) is 11.3 Å². The summed E-state index contributed by atoms with van der Waals surface area (Å²) in [4.78, 5) is 13.1. The molecular formula is C17H21FN2O3S2. The third kappa shape index (κ3) is 5.35. The lowest BCUT2D eigenvalue weighted by Crippen LogP contribution is -2.30. The zero-order chi connectivity index (χ0) is 18.4. The van der Waals surface area contributed by atoms with Crippen LogP contribution in [0.3, 0.4) is 0 Å². The summed E-state index contributed by atoms with van der Waals surface area (Å²) in [5.41, 5.74) is 0. The molecule has 0 fully saturated rings. The molecule has 1 heterocycles. The van der Waals surface area contributed by atoms with Crippen LogP contribution in [0.1, 0.15) is 30.7 Å². The first-order valence-electron chi connectivity index (χ1n) is 7.85. The van der Waals surface area contributed by atoms with Crippen molar-refractivity contribution in [2.75, 3.05) is 13.6 Å². The van der Waals surface area contributed by atoms with E-state index in [1.165, 1.54) is 23.5 Å². The third-order valence-electron chi connectivity index (χ3n) is 3.75. The Labute approximate surface area is 151 Å². The van der Waals surface area contributed by atoms with E-state index in [-0.39, 0.29) is 29.8 Å². The lowest BCUT2D eigenvalue weighted by molar-refractivity contribution is -0.121. The van der Waals surface area contributed by atoms with E-state index in [1.807, 2.05) is 24.4 Å². The summed E-state index contributed by atoms with van der Waals surface area (Å²) in [5.74, 6) is -0.605. The molecule has 0 aliphatic carbocycles. The second-order valence-electron chi connectivity index (χ2n) is 5.69. The normalized spacial score (nSPS) is 13.0. The number of halogens is 1. The van der Waals surface area contributed by atoms with Crippen molar-refractivity contribution in [3.8, 4) is 0 Å². The first-order chi connectivity index (χ1) is 11.8. The first-order valence-corrected chi connectivity index (χ1v) is 10.2. The molecule has 0 radical (unpaired) electrons. The van der Waals surface area contributed by atoms with Gasteiger partial charge in [-0.3, -0.25) is 4.79 Å². The molecule has 0 spiro atoms. The van der Waals surface area contributed by atoms with Crippen LogP contribution in [0.5, 0.6) is 0 Å². The molecule has 0 saturated heterocycles. The quantitative estimate of drug-likeness (QED) is 0.760. The van der Waals surface area contributed by atoms with E-state index < -0.39 is 15.8 Å². The van der Waals surface area contributed by atoms with Gasteiger partial charge in [-0.1, -0.05) is 6.07 Å². The van der Waals surface area contributed by atoms with Crippen molar-refractivity contribution in [3.63, 3.8) is 0 Å². The molecule has 5 nitrogen and oxygen atoms in total. The number of thiophene rings is 1. The molecule has 1 unspecified atom stereocenters. The molecule has 136 valence electrons. The van der Waals surface area contributed by atoms with Crippen LogP contribution < -0.4 is 5.32 Å². The second kappa shape index (κ2) is 8.55. The molecule has 1 atom stereocenters. The number of carbonyl (C=O) groups is 1. The van der Waals surface area contributed by atoms with Gasteiger partial charge in [-0.05, 0) is 49.1 Å². The molecule has 25 heavy (non-hydrogen) atoms. The van der Waals surface area contributed by atoms with Crippen molar-refractivity contribution in [3.05, 3.63) is 52.5 Å². The van der Waals surface area contributed by atoms with E-state index in [0.29, 0.717) is 6.42 Å². The Kier molecular flexibility index (Phi) is 6.69. The van der Waals surface area contributed by atoms with E-state index in [2.05, 4.69) is 5.32 Å². The van der Waals surface area contributed by atoms with Crippen LogP contribution in [0.4, 0.5) is 4.39 Å². The van der Waals surface area contributed by atoms with Crippen LogP contribution in [-0.2, 0) is 14.8 Å². The van der Waals surface area contributed by atoms with E-state index in [9.17, 15) is 17.6 Å². The fraction of sp³-hybridized carbons (Fsp3) is 0.353. The van der Waals surface area contributed by atoms with Crippen LogP contribution in [0, 0.1) is 5.82 Å². The molecular weight excluding hydrogens is 363 g/mol. The summed E-state index contributed by atoms with van der Waals surface area (Å²) in [7, 11) is -2.23. The standard InChI is InChI=1S/C17H21FN2O3S2/c1-13(16-5-4-12-24-16)19-17(21)6-3-11-20(2)25(22,23)15-9-7-14(18)8-10-15/h4-5,7-10,12-13H,3,6,11H2,1-2H3,(H,19,21). The maximum atomic E-state index is 12.9. The summed E-state index contributed by atoms with van der Waals surface area (Å²) in [6.45, 7) is 2.12. The maximum Gasteiger partial charge on any atom is 0.242 e. The first kappa shape index (κ1) is 19.6. The molecule has 0 saturated carbocycles. The minimum absolute atomic E-state index is 0.0344. The summed E-state index contributed by atoms with van der Waals surface area (Å²) in [6.07, 6.45) is 0.638. The zero-order valence-corrected chi connectivity index (χ0v) is 15.7. The number of nitrogens with one attached hydrogen (secondary N) is 1. The van der Waals surface area contributed by atoms with Gasteiger partial charge in [-0.25, -0.2) is 17.1 Å². The van der Waals surface area contributed by atoms with Gasteiger partial charge < -0.3 is 5.32 Å². The fourth-order valence-electron chi connectivity index (χ4n) is 2.29. The highest BCUT2D eigenvalue weighted by Crippen LogP contribution is 2.18. The number of amides is 1. The molecule has 8 heteroatoms. The van der Waals surface area contributed by atoms with Gasteiger partial charge in [0, 0.05) is 24.9 Å². The fourth-order valence-corrected chi connectivity index (χ4v) is 4.24. The number of nitrogens with zero attached hydrogens (tertiary/aromatic N) is 1. The van der Waals surface area contributed by atoms with Crippen molar-refractivity contribution >= 4 is 27.3 Å². The molecule has 2 aromatic rings. The van der Waals surface area contributed by atoms with Crippen LogP contribution in [0.15, 0.2) is 46.7 Å². The Morgan fingerprint density at radius 3 is 2.56 bits per heavy atom. The van der Waals surface area contributed by atoms with E-state index in [4.69, 9.17) is 0 Å². The monoisotopic (exact) mass is 384 g/mol. The molecule has 1 aromatic carbocycles. The summed E-state index contributed by atoms with van der Waals surface area (Å²) >= 11 is 1.57. The lowest BCUT2D eigenvalue weighted by atomic mass is 10.2. The topological polar surface area (TPSA) is 66.5 Å². The summed E-state index contributed by atoms with van der Waals surface area (Å²) in [5, 5.41) is 4.85. The van der Waals surface area contributed by atoms with E-state index in [0.717, 1.165) is 17.0 Å². The lowest BCUT2D eigenvalue weighted by Gasteiger charge is -2.17. The van der Waals surface area contributed by atoms with Gasteiger partial charge in [0.2, 0.25) is 15.9 Å². The summed E-state index contributed by atoms with van der Waals surface area (Å²) < 4.78 is 38.8. The number of hydrogen-bond donors (Lipinski definition) is 1.